The summed E-state index contributed by atoms with van der Waals surface area (Å²) in [5.74, 6) is -3.71. The third-order valence-electron chi connectivity index (χ3n) is 4.67. The molecule has 15 heteroatoms. The molecule has 2 aromatic heterocycles. The van der Waals surface area contributed by atoms with E-state index in [-0.39, 0.29) is 52.4 Å². The lowest BCUT2D eigenvalue weighted by atomic mass is 10.1. The van der Waals surface area contributed by atoms with Crippen LogP contribution in [0.15, 0.2) is 29.1 Å². The van der Waals surface area contributed by atoms with Gasteiger partial charge in [-0.15, -0.1) is 0 Å². The number of fused-ring (bicyclic) bond motifs is 1. The molecule has 186 valence electrons. The molecule has 3 rings (SSSR count). The maximum Gasteiger partial charge on any atom is 0.326 e. The molecular formula is C20H25N9O6. The summed E-state index contributed by atoms with van der Waals surface area (Å²) in [7, 11) is 0. The number of carbonyl (C=O) groups excluding carboxylic acids is 1. The van der Waals surface area contributed by atoms with E-state index in [1.54, 1.807) is 0 Å². The van der Waals surface area contributed by atoms with E-state index in [0.29, 0.717) is 0 Å². The third kappa shape index (κ3) is 6.38. The number of aromatic amines is 1. The van der Waals surface area contributed by atoms with Crippen molar-refractivity contribution in [3.63, 3.8) is 0 Å². The number of carboxylic acids is 2. The molecule has 0 aliphatic carbocycles. The summed E-state index contributed by atoms with van der Waals surface area (Å²) in [5, 5.41) is 20.2. The molecule has 0 fully saturated rings. The Morgan fingerprint density at radius 3 is 2.46 bits per heavy atom. The predicted molar refractivity (Wildman–Crippen MR) is 126 cm³/mol. The number of hydrogen-bond acceptors (Lipinski definition) is 11. The number of aromatic nitrogens is 4. The van der Waals surface area contributed by atoms with Crippen LogP contribution in [-0.2, 0) is 16.1 Å². The summed E-state index contributed by atoms with van der Waals surface area (Å²) < 4.78 is 23.7. The van der Waals surface area contributed by atoms with Crippen LogP contribution in [-0.4, -0.2) is 61.0 Å². The van der Waals surface area contributed by atoms with Crippen LogP contribution < -0.4 is 33.4 Å². The van der Waals surface area contributed by atoms with E-state index < -0.39 is 49.4 Å². The van der Waals surface area contributed by atoms with Crippen LogP contribution in [0.25, 0.3) is 11.2 Å². The smallest absolute Gasteiger partial charge is 0.326 e. The molecule has 15 nitrogen and oxygen atoms in total. The second-order valence-corrected chi connectivity index (χ2v) is 7.11. The Morgan fingerprint density at radius 2 is 1.86 bits per heavy atom. The van der Waals surface area contributed by atoms with E-state index in [9.17, 15) is 24.3 Å². The van der Waals surface area contributed by atoms with Crippen LogP contribution in [0.3, 0.4) is 0 Å². The van der Waals surface area contributed by atoms with Gasteiger partial charge < -0.3 is 43.0 Å². The van der Waals surface area contributed by atoms with Crippen LogP contribution >= 0.6 is 0 Å². The SMILES string of the molecule is N.[2H]C([2H])([2H])N(Cc1nc2c(N)nc(N)nc2[nH]c1=O)c1ccc(C(=O)N[C@H](CCC(=O)O)C(=O)O)cc1. The monoisotopic (exact) mass is 490 g/mol. The largest absolute Gasteiger partial charge is 0.481 e. The van der Waals surface area contributed by atoms with Crippen LogP contribution in [0.1, 0.15) is 33.0 Å². The van der Waals surface area contributed by atoms with Gasteiger partial charge in [-0.05, 0) is 30.7 Å². The van der Waals surface area contributed by atoms with E-state index >= 15 is 0 Å². The molecule has 0 saturated heterocycles. The Morgan fingerprint density at radius 1 is 1.17 bits per heavy atom. The van der Waals surface area contributed by atoms with Gasteiger partial charge >= 0.3 is 11.9 Å². The van der Waals surface area contributed by atoms with Gasteiger partial charge in [0, 0.05) is 28.8 Å². The Kier molecular flexibility index (Phi) is 6.85. The number of nitrogens with two attached hydrogens (primary N) is 2. The first kappa shape index (κ1) is 22.0. The lowest BCUT2D eigenvalue weighted by molar-refractivity contribution is -0.140. The maximum absolute atomic E-state index is 12.5. The first-order valence-corrected chi connectivity index (χ1v) is 9.71. The highest BCUT2D eigenvalue weighted by Crippen LogP contribution is 2.17. The van der Waals surface area contributed by atoms with Crippen molar-refractivity contribution in [2.45, 2.75) is 25.4 Å². The highest BCUT2D eigenvalue weighted by molar-refractivity contribution is 5.97. The average molecular weight is 490 g/mol. The van der Waals surface area contributed by atoms with Crippen molar-refractivity contribution in [1.82, 2.24) is 31.4 Å². The number of carbonyl (C=O) groups is 3. The van der Waals surface area contributed by atoms with Gasteiger partial charge in [0.15, 0.2) is 11.5 Å². The summed E-state index contributed by atoms with van der Waals surface area (Å²) >= 11 is 0. The molecule has 2 heterocycles. The zero-order chi connectivity index (χ0) is 27.5. The van der Waals surface area contributed by atoms with Gasteiger partial charge in [0.05, 0.1) is 6.54 Å². The van der Waals surface area contributed by atoms with Gasteiger partial charge in [-0.3, -0.25) is 14.4 Å². The molecule has 0 bridgehead atoms. The second-order valence-electron chi connectivity index (χ2n) is 7.11. The normalized spacial score (nSPS) is 13.0. The minimum Gasteiger partial charge on any atom is -0.481 e. The molecule has 0 aliphatic heterocycles. The molecular weight excluding hydrogens is 462 g/mol. The van der Waals surface area contributed by atoms with Crippen molar-refractivity contribution >= 4 is 46.5 Å². The number of nitrogens with one attached hydrogen (secondary N) is 2. The predicted octanol–water partition coefficient (Wildman–Crippen LogP) is -0.276. The van der Waals surface area contributed by atoms with Gasteiger partial charge in [0.1, 0.15) is 17.3 Å². The van der Waals surface area contributed by atoms with E-state index in [0.717, 1.165) is 4.90 Å². The summed E-state index contributed by atoms with van der Waals surface area (Å²) in [6.45, 7) is -3.21. The van der Waals surface area contributed by atoms with E-state index in [4.69, 9.17) is 20.7 Å². The highest BCUT2D eigenvalue weighted by atomic mass is 16.4. The fraction of sp³-hybridized carbons (Fsp3) is 0.250. The Labute approximate surface area is 202 Å². The summed E-state index contributed by atoms with van der Waals surface area (Å²) in [4.78, 5) is 62.1. The van der Waals surface area contributed by atoms with E-state index in [1.807, 2.05) is 0 Å². The Hall–Kier alpha value is -4.79. The van der Waals surface area contributed by atoms with Crippen molar-refractivity contribution in [3.05, 3.63) is 45.9 Å². The molecule has 1 amide bonds. The second kappa shape index (κ2) is 10.9. The number of anilines is 3. The van der Waals surface area contributed by atoms with Crippen LogP contribution in [0.4, 0.5) is 17.5 Å². The standard InChI is InChI=1S/C20H22N8O6.H3N/c1-28(8-12-18(32)26-16-14(23-12)15(21)25-20(22)27-16)10-4-2-9(3-5-10)17(31)24-11(19(33)34)6-7-13(29)30;/h2-5,11H,6-8H2,1H3,(H,24,31)(H,29,30)(H,33,34)(H5,21,22,25,26,27,32);1H3/t11-;/m1./s1/i1D3;. The molecule has 0 radical (unpaired) electrons. The fourth-order valence-electron chi connectivity index (χ4n) is 2.96. The van der Waals surface area contributed by atoms with Gasteiger partial charge in [-0.25, -0.2) is 9.78 Å². The maximum atomic E-state index is 12.5. The summed E-state index contributed by atoms with van der Waals surface area (Å²) in [6.07, 6.45) is -0.784. The van der Waals surface area contributed by atoms with Crippen molar-refractivity contribution in [1.29, 1.82) is 0 Å². The topological polar surface area (TPSA) is 266 Å². The highest BCUT2D eigenvalue weighted by Gasteiger charge is 2.22. The molecule has 1 aromatic carbocycles. The van der Waals surface area contributed by atoms with Crippen molar-refractivity contribution < 1.29 is 28.7 Å². The first-order valence-electron chi connectivity index (χ1n) is 11.2. The molecule has 1 atom stereocenters. The van der Waals surface area contributed by atoms with Gasteiger partial charge in [-0.1, -0.05) is 0 Å². The van der Waals surface area contributed by atoms with Crippen molar-refractivity contribution in [2.75, 3.05) is 23.3 Å². The summed E-state index contributed by atoms with van der Waals surface area (Å²) in [5.41, 5.74) is 10.5. The number of nitrogens with zero attached hydrogens (tertiary/aromatic N) is 4. The Balaban J connectivity index is 0.00000507. The number of carboxylic acid groups (broad SMARTS) is 2. The zero-order valence-electron chi connectivity index (χ0n) is 21.2. The molecule has 0 aliphatic rings. The number of hydrogen-bond donors (Lipinski definition) is 7. The summed E-state index contributed by atoms with van der Waals surface area (Å²) in [6, 6.07) is 3.67. The quantitative estimate of drug-likeness (QED) is 0.204. The van der Waals surface area contributed by atoms with Crippen LogP contribution in [0.5, 0.6) is 0 Å². The number of nitrogen functional groups attached to an aromatic ring is 2. The number of benzene rings is 1. The first-order chi connectivity index (χ1) is 17.3. The lowest BCUT2D eigenvalue weighted by Crippen LogP contribution is -2.41. The molecule has 0 unspecified atom stereocenters. The molecule has 3 aromatic rings. The molecule has 0 spiro atoms. The van der Waals surface area contributed by atoms with Gasteiger partial charge in [0.25, 0.3) is 11.5 Å². The van der Waals surface area contributed by atoms with Crippen molar-refractivity contribution in [2.24, 2.45) is 0 Å². The van der Waals surface area contributed by atoms with Crippen molar-refractivity contribution in [3.8, 4) is 0 Å². The zero-order valence-corrected chi connectivity index (χ0v) is 18.2. The van der Waals surface area contributed by atoms with Gasteiger partial charge in [0.2, 0.25) is 5.95 Å². The van der Waals surface area contributed by atoms with Crippen LogP contribution in [0, 0.1) is 0 Å². The minimum atomic E-state index is -2.73. The fourth-order valence-corrected chi connectivity index (χ4v) is 2.96. The number of H-pyrrole nitrogens is 1. The molecule has 11 N–H and O–H groups in total. The van der Waals surface area contributed by atoms with E-state index in [2.05, 4.69) is 25.3 Å². The molecule has 0 saturated carbocycles. The number of amides is 1. The van der Waals surface area contributed by atoms with E-state index in [1.165, 1.54) is 24.3 Å². The average Bonchev–Trinajstić information content (AvgIpc) is 2.79. The molecule has 35 heavy (non-hydrogen) atoms. The Bertz CT molecular complexity index is 1410. The van der Waals surface area contributed by atoms with Crippen LogP contribution in [0.2, 0.25) is 0 Å². The third-order valence-corrected chi connectivity index (χ3v) is 4.67. The number of rotatable bonds is 9. The minimum absolute atomic E-state index is 0. The lowest BCUT2D eigenvalue weighted by Gasteiger charge is -2.19. The number of aliphatic carboxylic acids is 2. The van der Waals surface area contributed by atoms with Gasteiger partial charge in [-0.2, -0.15) is 9.97 Å².